The number of nitrogens with one attached hydrogen (secondary N) is 2. The number of amides is 1. The molecule has 2 aromatic carbocycles. The van der Waals surface area contributed by atoms with Crippen LogP contribution in [0.25, 0.3) is 0 Å². The minimum Gasteiger partial charge on any atom is -0.366 e. The molecule has 0 aliphatic carbocycles. The van der Waals surface area contributed by atoms with Crippen LogP contribution in [0.1, 0.15) is 40.1 Å². The van der Waals surface area contributed by atoms with E-state index in [1.807, 2.05) is 37.3 Å². The van der Waals surface area contributed by atoms with Crippen molar-refractivity contribution in [2.45, 2.75) is 26.4 Å². The zero-order chi connectivity index (χ0) is 18.4. The summed E-state index contributed by atoms with van der Waals surface area (Å²) in [7, 11) is 0. The largest absolute Gasteiger partial charge is 0.366 e. The lowest BCUT2D eigenvalue weighted by atomic mass is 10.1. The fourth-order valence-corrected chi connectivity index (χ4v) is 2.57. The highest BCUT2D eigenvalue weighted by Gasteiger charge is 2.13. The van der Waals surface area contributed by atoms with Crippen molar-refractivity contribution in [3.8, 4) is 0 Å². The van der Waals surface area contributed by atoms with E-state index in [1.54, 1.807) is 6.07 Å². The Hall–Kier alpha value is -3.21. The summed E-state index contributed by atoms with van der Waals surface area (Å²) >= 11 is 0. The summed E-state index contributed by atoms with van der Waals surface area (Å²) in [6.07, 6.45) is 1.40. The normalized spacial score (nSPS) is 11.6. The molecular weight excluding hydrogens is 324 g/mol. The molecular formula is C21H22N4O. The number of carbonyl (C=O) groups excluding carboxylic acids is 1. The number of anilines is 1. The molecule has 5 heteroatoms. The van der Waals surface area contributed by atoms with E-state index in [0.717, 1.165) is 11.1 Å². The molecule has 0 bridgehead atoms. The lowest BCUT2D eigenvalue weighted by Crippen LogP contribution is -2.27. The van der Waals surface area contributed by atoms with Gasteiger partial charge in [-0.25, -0.2) is 9.97 Å². The van der Waals surface area contributed by atoms with Gasteiger partial charge in [0.05, 0.1) is 6.04 Å². The molecule has 0 saturated heterocycles. The molecule has 1 atom stereocenters. The fraction of sp³-hybridized carbons (Fsp3) is 0.190. The maximum absolute atomic E-state index is 12.5. The number of rotatable bonds is 6. The summed E-state index contributed by atoms with van der Waals surface area (Å²) in [5, 5.41) is 6.19. The zero-order valence-corrected chi connectivity index (χ0v) is 14.9. The van der Waals surface area contributed by atoms with Crippen LogP contribution in [-0.2, 0) is 6.54 Å². The summed E-state index contributed by atoms with van der Waals surface area (Å²) in [5.41, 5.74) is 3.77. The van der Waals surface area contributed by atoms with Crippen LogP contribution in [0.15, 0.2) is 67.0 Å². The van der Waals surface area contributed by atoms with Crippen molar-refractivity contribution in [2.75, 3.05) is 5.32 Å². The first kappa shape index (κ1) is 17.6. The second kappa shape index (κ2) is 8.25. The average Bonchev–Trinajstić information content (AvgIpc) is 2.68. The highest BCUT2D eigenvalue weighted by Crippen LogP contribution is 2.13. The number of carbonyl (C=O) groups is 1. The topological polar surface area (TPSA) is 66.9 Å². The summed E-state index contributed by atoms with van der Waals surface area (Å²) in [5.74, 6) is 0.403. The number of aryl methyl sites for hydroxylation is 1. The van der Waals surface area contributed by atoms with Crippen LogP contribution >= 0.6 is 0 Å². The number of aromatic nitrogens is 2. The van der Waals surface area contributed by atoms with Gasteiger partial charge in [-0.3, -0.25) is 4.79 Å². The molecule has 0 saturated carbocycles. The Morgan fingerprint density at radius 1 is 1.04 bits per heavy atom. The zero-order valence-electron chi connectivity index (χ0n) is 14.9. The third-order valence-electron chi connectivity index (χ3n) is 4.14. The first-order valence-electron chi connectivity index (χ1n) is 8.59. The van der Waals surface area contributed by atoms with Gasteiger partial charge in [-0.2, -0.15) is 0 Å². The van der Waals surface area contributed by atoms with Crippen LogP contribution in [-0.4, -0.2) is 15.9 Å². The third kappa shape index (κ3) is 4.66. The summed E-state index contributed by atoms with van der Waals surface area (Å²) in [6, 6.07) is 19.7. The predicted octanol–water partition coefficient (Wildman–Crippen LogP) is 3.89. The second-order valence-corrected chi connectivity index (χ2v) is 6.23. The molecule has 0 aliphatic rings. The van der Waals surface area contributed by atoms with Crippen molar-refractivity contribution in [1.82, 2.24) is 15.3 Å². The first-order chi connectivity index (χ1) is 12.6. The Morgan fingerprint density at radius 2 is 1.77 bits per heavy atom. The molecule has 5 nitrogen and oxygen atoms in total. The van der Waals surface area contributed by atoms with Crippen LogP contribution in [0, 0.1) is 6.92 Å². The van der Waals surface area contributed by atoms with E-state index in [0.29, 0.717) is 18.1 Å². The molecule has 132 valence electrons. The Bertz CT molecular complexity index is 863. The molecule has 1 unspecified atom stereocenters. The Morgan fingerprint density at radius 3 is 2.50 bits per heavy atom. The summed E-state index contributed by atoms with van der Waals surface area (Å²) in [4.78, 5) is 20.7. The number of hydrogen-bond donors (Lipinski definition) is 2. The van der Waals surface area contributed by atoms with Crippen LogP contribution in [0.2, 0.25) is 0 Å². The number of nitrogens with zero attached hydrogens (tertiary/aromatic N) is 2. The standard InChI is InChI=1S/C21H22N4O/c1-15-8-10-17(11-9-15)13-22-20-12-19(23-14-24-20)21(26)25-16(2)18-6-4-3-5-7-18/h3-12,14,16H,13H2,1-2H3,(H,25,26)(H,22,23,24). The van der Waals surface area contributed by atoms with Gasteiger partial charge >= 0.3 is 0 Å². The van der Waals surface area contributed by atoms with Crippen molar-refractivity contribution in [2.24, 2.45) is 0 Å². The monoisotopic (exact) mass is 346 g/mol. The number of hydrogen-bond acceptors (Lipinski definition) is 4. The summed E-state index contributed by atoms with van der Waals surface area (Å²) < 4.78 is 0. The smallest absolute Gasteiger partial charge is 0.270 e. The lowest BCUT2D eigenvalue weighted by Gasteiger charge is -2.14. The van der Waals surface area contributed by atoms with Crippen molar-refractivity contribution >= 4 is 11.7 Å². The van der Waals surface area contributed by atoms with Crippen LogP contribution in [0.3, 0.4) is 0 Å². The van der Waals surface area contributed by atoms with E-state index in [4.69, 9.17) is 0 Å². The van der Waals surface area contributed by atoms with Crippen LogP contribution in [0.5, 0.6) is 0 Å². The van der Waals surface area contributed by atoms with E-state index >= 15 is 0 Å². The molecule has 2 N–H and O–H groups in total. The quantitative estimate of drug-likeness (QED) is 0.711. The second-order valence-electron chi connectivity index (χ2n) is 6.23. The first-order valence-corrected chi connectivity index (χ1v) is 8.59. The highest BCUT2D eigenvalue weighted by atomic mass is 16.1. The SMILES string of the molecule is Cc1ccc(CNc2cc(C(=O)NC(C)c3ccccc3)ncn2)cc1. The third-order valence-corrected chi connectivity index (χ3v) is 4.14. The molecule has 3 rings (SSSR count). The minimum absolute atomic E-state index is 0.0948. The molecule has 1 heterocycles. The van der Waals surface area contributed by atoms with E-state index in [9.17, 15) is 4.79 Å². The Kier molecular flexibility index (Phi) is 5.59. The van der Waals surface area contributed by atoms with Gasteiger partial charge in [0, 0.05) is 12.6 Å². The van der Waals surface area contributed by atoms with Gasteiger partial charge in [-0.05, 0) is 25.0 Å². The Balaban J connectivity index is 1.62. The predicted molar refractivity (Wildman–Crippen MR) is 103 cm³/mol. The molecule has 3 aromatic rings. The molecule has 0 spiro atoms. The van der Waals surface area contributed by atoms with Gasteiger partial charge in [0.25, 0.3) is 5.91 Å². The Labute approximate surface area is 153 Å². The maximum Gasteiger partial charge on any atom is 0.270 e. The lowest BCUT2D eigenvalue weighted by molar-refractivity contribution is 0.0934. The fourth-order valence-electron chi connectivity index (χ4n) is 2.57. The van der Waals surface area contributed by atoms with Crippen molar-refractivity contribution in [3.63, 3.8) is 0 Å². The van der Waals surface area contributed by atoms with Gasteiger partial charge in [0.1, 0.15) is 17.8 Å². The average molecular weight is 346 g/mol. The molecule has 1 aromatic heterocycles. The molecule has 0 aliphatic heterocycles. The minimum atomic E-state index is -0.220. The van der Waals surface area contributed by atoms with Crippen LogP contribution < -0.4 is 10.6 Å². The van der Waals surface area contributed by atoms with E-state index < -0.39 is 0 Å². The summed E-state index contributed by atoms with van der Waals surface area (Å²) in [6.45, 7) is 4.65. The van der Waals surface area contributed by atoms with E-state index in [-0.39, 0.29) is 11.9 Å². The van der Waals surface area contributed by atoms with E-state index in [1.165, 1.54) is 11.9 Å². The van der Waals surface area contributed by atoms with Crippen molar-refractivity contribution in [3.05, 3.63) is 89.4 Å². The van der Waals surface area contributed by atoms with Gasteiger partial charge < -0.3 is 10.6 Å². The van der Waals surface area contributed by atoms with E-state index in [2.05, 4.69) is 51.8 Å². The van der Waals surface area contributed by atoms with Crippen molar-refractivity contribution < 1.29 is 4.79 Å². The molecule has 26 heavy (non-hydrogen) atoms. The molecule has 0 fully saturated rings. The van der Waals surface area contributed by atoms with Gasteiger partial charge in [0.15, 0.2) is 0 Å². The number of benzene rings is 2. The van der Waals surface area contributed by atoms with Gasteiger partial charge in [0.2, 0.25) is 0 Å². The maximum atomic E-state index is 12.5. The van der Waals surface area contributed by atoms with Gasteiger partial charge in [-0.15, -0.1) is 0 Å². The highest BCUT2D eigenvalue weighted by molar-refractivity contribution is 5.93. The van der Waals surface area contributed by atoms with Gasteiger partial charge in [-0.1, -0.05) is 60.2 Å². The van der Waals surface area contributed by atoms with Crippen molar-refractivity contribution in [1.29, 1.82) is 0 Å². The van der Waals surface area contributed by atoms with Crippen LogP contribution in [0.4, 0.5) is 5.82 Å². The molecule has 1 amide bonds. The molecule has 0 radical (unpaired) electrons.